The van der Waals surface area contributed by atoms with E-state index in [0.717, 1.165) is 50.3 Å². The molecule has 31 heavy (non-hydrogen) atoms. The van der Waals surface area contributed by atoms with Crippen LogP contribution in [-0.2, 0) is 20.8 Å². The van der Waals surface area contributed by atoms with Crippen LogP contribution in [0.3, 0.4) is 0 Å². The van der Waals surface area contributed by atoms with Gasteiger partial charge in [0.1, 0.15) is 0 Å². The summed E-state index contributed by atoms with van der Waals surface area (Å²) < 4.78 is 18.6. The van der Waals surface area contributed by atoms with Gasteiger partial charge in [0, 0.05) is 37.4 Å². The van der Waals surface area contributed by atoms with Crippen molar-refractivity contribution < 1.29 is 23.8 Å². The Labute approximate surface area is 185 Å². The summed E-state index contributed by atoms with van der Waals surface area (Å²) in [5.41, 5.74) is 2.94. The molecule has 0 aromatic carbocycles. The van der Waals surface area contributed by atoms with E-state index in [9.17, 15) is 9.59 Å². The molecule has 168 valence electrons. The quantitative estimate of drug-likeness (QED) is 0.625. The van der Waals surface area contributed by atoms with Crippen LogP contribution in [0, 0.1) is 6.92 Å². The number of hydrogen-bond donors (Lipinski definition) is 1. The van der Waals surface area contributed by atoms with Gasteiger partial charge in [0.15, 0.2) is 0 Å². The number of carbonyl (C=O) groups is 2. The van der Waals surface area contributed by atoms with Crippen LogP contribution < -0.4 is 5.32 Å². The van der Waals surface area contributed by atoms with Crippen molar-refractivity contribution in [1.29, 1.82) is 0 Å². The second-order valence-corrected chi connectivity index (χ2v) is 8.74. The summed E-state index contributed by atoms with van der Waals surface area (Å²) in [5, 5.41) is 5.15. The zero-order chi connectivity index (χ0) is 21.8. The summed E-state index contributed by atoms with van der Waals surface area (Å²) in [4.78, 5) is 29.5. The van der Waals surface area contributed by atoms with Gasteiger partial charge in [-0.1, -0.05) is 0 Å². The van der Waals surface area contributed by atoms with E-state index in [1.54, 1.807) is 6.92 Å². The SMILES string of the molecule is CCOC(=O)c1nc(-c2cc(C(=O)NCC3CCCO3)c(C)n2CC2CCCO2)cs1. The summed E-state index contributed by atoms with van der Waals surface area (Å²) in [7, 11) is 0. The van der Waals surface area contributed by atoms with Gasteiger partial charge in [-0.15, -0.1) is 11.3 Å². The van der Waals surface area contributed by atoms with Crippen LogP contribution >= 0.6 is 11.3 Å². The minimum atomic E-state index is -0.428. The summed E-state index contributed by atoms with van der Waals surface area (Å²) in [6, 6.07) is 1.86. The number of thiazole rings is 1. The molecule has 9 heteroatoms. The summed E-state index contributed by atoms with van der Waals surface area (Å²) in [6.07, 6.45) is 4.23. The van der Waals surface area contributed by atoms with Crippen LogP contribution in [0.2, 0.25) is 0 Å². The third-order valence-corrected chi connectivity index (χ3v) is 6.57. The van der Waals surface area contributed by atoms with Crippen LogP contribution in [0.15, 0.2) is 11.4 Å². The summed E-state index contributed by atoms with van der Waals surface area (Å²) in [5.74, 6) is -0.552. The van der Waals surface area contributed by atoms with Gasteiger partial charge in [-0.05, 0) is 45.6 Å². The number of aromatic nitrogens is 2. The lowest BCUT2D eigenvalue weighted by Gasteiger charge is -2.16. The van der Waals surface area contributed by atoms with Gasteiger partial charge >= 0.3 is 5.97 Å². The van der Waals surface area contributed by atoms with Crippen molar-refractivity contribution in [3.05, 3.63) is 27.7 Å². The van der Waals surface area contributed by atoms with Crippen LogP contribution in [0.4, 0.5) is 0 Å². The Hall–Kier alpha value is -2.23. The smallest absolute Gasteiger partial charge is 0.367 e. The van der Waals surface area contributed by atoms with Crippen LogP contribution in [0.25, 0.3) is 11.4 Å². The Balaban J connectivity index is 1.60. The third kappa shape index (κ3) is 4.99. The molecule has 0 spiro atoms. The van der Waals surface area contributed by atoms with Crippen LogP contribution in [0.1, 0.15) is 58.5 Å². The first-order valence-corrected chi connectivity index (χ1v) is 11.8. The number of carbonyl (C=O) groups excluding carboxylic acids is 2. The van der Waals surface area contributed by atoms with Crippen molar-refractivity contribution in [2.24, 2.45) is 0 Å². The zero-order valence-corrected chi connectivity index (χ0v) is 18.8. The van der Waals surface area contributed by atoms with Gasteiger partial charge in [-0.25, -0.2) is 9.78 Å². The molecule has 2 aromatic rings. The Bertz CT molecular complexity index is 926. The van der Waals surface area contributed by atoms with E-state index < -0.39 is 5.97 Å². The molecular formula is C22H29N3O5S. The molecule has 0 saturated carbocycles. The number of rotatable bonds is 8. The predicted molar refractivity (Wildman–Crippen MR) is 117 cm³/mol. The lowest BCUT2D eigenvalue weighted by atomic mass is 10.2. The summed E-state index contributed by atoms with van der Waals surface area (Å²) >= 11 is 1.25. The number of hydrogen-bond acceptors (Lipinski definition) is 7. The fraction of sp³-hybridized carbons (Fsp3) is 0.591. The number of ether oxygens (including phenoxy) is 3. The minimum absolute atomic E-state index is 0.0865. The maximum absolute atomic E-state index is 13.0. The molecule has 1 N–H and O–H groups in total. The Morgan fingerprint density at radius 1 is 1.26 bits per heavy atom. The Morgan fingerprint density at radius 2 is 2.00 bits per heavy atom. The molecule has 2 aliphatic rings. The van der Waals surface area contributed by atoms with Crippen molar-refractivity contribution >= 4 is 23.2 Å². The normalized spacial score (nSPS) is 20.8. The molecule has 0 bridgehead atoms. The van der Waals surface area contributed by atoms with Crippen molar-refractivity contribution in [3.63, 3.8) is 0 Å². The maximum atomic E-state index is 13.0. The first-order chi connectivity index (χ1) is 15.1. The van der Waals surface area contributed by atoms with Crippen molar-refractivity contribution in [1.82, 2.24) is 14.9 Å². The molecule has 2 aromatic heterocycles. The average molecular weight is 448 g/mol. The van der Waals surface area contributed by atoms with Crippen LogP contribution in [0.5, 0.6) is 0 Å². The highest BCUT2D eigenvalue weighted by atomic mass is 32.1. The first kappa shape index (κ1) is 22.0. The molecule has 2 aliphatic heterocycles. The maximum Gasteiger partial charge on any atom is 0.367 e. The molecular weight excluding hydrogens is 418 g/mol. The van der Waals surface area contributed by atoms with Gasteiger partial charge in [0.25, 0.3) is 5.91 Å². The molecule has 4 rings (SSSR count). The second kappa shape index (κ2) is 9.93. The molecule has 1 amide bonds. The predicted octanol–water partition coefficient (Wildman–Crippen LogP) is 3.18. The lowest BCUT2D eigenvalue weighted by molar-refractivity contribution is 0.0526. The van der Waals surface area contributed by atoms with Gasteiger partial charge in [-0.3, -0.25) is 4.79 Å². The number of amides is 1. The molecule has 0 radical (unpaired) electrons. The number of esters is 1. The van der Waals surface area contributed by atoms with Crippen molar-refractivity contribution in [2.45, 2.75) is 58.3 Å². The van der Waals surface area contributed by atoms with Crippen molar-refractivity contribution in [2.75, 3.05) is 26.4 Å². The topological polar surface area (TPSA) is 91.7 Å². The molecule has 2 unspecified atom stereocenters. The molecule has 8 nitrogen and oxygen atoms in total. The minimum Gasteiger partial charge on any atom is -0.461 e. The van der Waals surface area contributed by atoms with E-state index >= 15 is 0 Å². The fourth-order valence-electron chi connectivity index (χ4n) is 4.10. The molecule has 2 fully saturated rings. The fourth-order valence-corrected chi connectivity index (χ4v) is 4.80. The lowest BCUT2D eigenvalue weighted by Crippen LogP contribution is -2.32. The van der Waals surface area contributed by atoms with Gasteiger partial charge in [0.05, 0.1) is 35.8 Å². The van der Waals surface area contributed by atoms with E-state index in [1.807, 2.05) is 18.4 Å². The Morgan fingerprint density at radius 3 is 2.68 bits per heavy atom. The molecule has 4 heterocycles. The van der Waals surface area contributed by atoms with E-state index in [-0.39, 0.29) is 18.1 Å². The van der Waals surface area contributed by atoms with Gasteiger partial charge in [-0.2, -0.15) is 0 Å². The molecule has 0 aliphatic carbocycles. The first-order valence-electron chi connectivity index (χ1n) is 10.9. The van der Waals surface area contributed by atoms with Gasteiger partial charge < -0.3 is 24.1 Å². The second-order valence-electron chi connectivity index (χ2n) is 7.88. The largest absolute Gasteiger partial charge is 0.461 e. The third-order valence-electron chi connectivity index (χ3n) is 5.75. The van der Waals surface area contributed by atoms with Crippen LogP contribution in [-0.4, -0.2) is 60.0 Å². The summed E-state index contributed by atoms with van der Waals surface area (Å²) in [6.45, 7) is 6.69. The van der Waals surface area contributed by atoms with E-state index in [1.165, 1.54) is 11.3 Å². The van der Waals surface area contributed by atoms with E-state index in [0.29, 0.717) is 36.0 Å². The molecule has 2 atom stereocenters. The monoisotopic (exact) mass is 447 g/mol. The number of nitrogens with zero attached hydrogens (tertiary/aromatic N) is 2. The number of nitrogens with one attached hydrogen (secondary N) is 1. The highest BCUT2D eigenvalue weighted by Crippen LogP contribution is 2.29. The van der Waals surface area contributed by atoms with E-state index in [4.69, 9.17) is 14.2 Å². The highest BCUT2D eigenvalue weighted by molar-refractivity contribution is 7.11. The zero-order valence-electron chi connectivity index (χ0n) is 18.0. The van der Waals surface area contributed by atoms with E-state index in [2.05, 4.69) is 14.9 Å². The average Bonchev–Trinajstić information content (AvgIpc) is 3.56. The standard InChI is InChI=1S/C22H29N3O5S/c1-3-28-22(27)21-24-18(13-31-21)19-10-17(20(26)23-11-15-6-4-8-29-15)14(2)25(19)12-16-7-5-9-30-16/h10,13,15-16H,3-9,11-12H2,1-2H3,(H,23,26). The highest BCUT2D eigenvalue weighted by Gasteiger charge is 2.25. The van der Waals surface area contributed by atoms with Gasteiger partial charge in [0.2, 0.25) is 5.01 Å². The van der Waals surface area contributed by atoms with Crippen molar-refractivity contribution in [3.8, 4) is 11.4 Å². The Kier molecular flexibility index (Phi) is 7.04. The molecule has 2 saturated heterocycles.